The Kier molecular flexibility index (Phi) is 2.40. The molecule has 0 radical (unpaired) electrons. The normalized spacial score (nSPS) is 37.7. The number of hydrogen-bond donors (Lipinski definition) is 1. The zero-order valence-corrected chi connectivity index (χ0v) is 7.40. The summed E-state index contributed by atoms with van der Waals surface area (Å²) in [5.74, 6) is -1.23. The first-order valence-corrected chi connectivity index (χ1v) is 4.47. The van der Waals surface area contributed by atoms with Crippen LogP contribution in [0.15, 0.2) is 0 Å². The second kappa shape index (κ2) is 3.43. The van der Waals surface area contributed by atoms with E-state index in [1.54, 1.807) is 0 Å². The summed E-state index contributed by atoms with van der Waals surface area (Å²) in [7, 11) is 0. The smallest absolute Gasteiger partial charge is 0.313 e. The Morgan fingerprint density at radius 1 is 1.57 bits per heavy atom. The molecule has 2 aliphatic rings. The van der Waals surface area contributed by atoms with E-state index >= 15 is 0 Å². The van der Waals surface area contributed by atoms with Gasteiger partial charge in [-0.15, -0.1) is 0 Å². The lowest BCUT2D eigenvalue weighted by atomic mass is 9.99. The Morgan fingerprint density at radius 3 is 2.86 bits per heavy atom. The molecule has 80 valence electrons. The number of aliphatic hydroxyl groups excluding tert-OH is 1. The van der Waals surface area contributed by atoms with Crippen LogP contribution in [0.25, 0.3) is 0 Å². The number of nitrogens with zero attached hydrogens (tertiary/aromatic N) is 1. The molecule has 0 amide bonds. The number of hydrogen-bond acceptors (Lipinski definition) is 4. The number of fused-ring (bicyclic) bond motifs is 1. The molecule has 2 rings (SSSR count). The molecule has 2 heterocycles. The summed E-state index contributed by atoms with van der Waals surface area (Å²) < 4.78 is 28.7. The zero-order valence-electron chi connectivity index (χ0n) is 7.40. The second-order valence-corrected chi connectivity index (χ2v) is 3.71. The third kappa shape index (κ3) is 1.59. The van der Waals surface area contributed by atoms with Gasteiger partial charge in [0.05, 0.1) is 12.5 Å². The number of esters is 1. The van der Waals surface area contributed by atoms with E-state index in [9.17, 15) is 18.7 Å². The van der Waals surface area contributed by atoms with E-state index in [4.69, 9.17) is 0 Å². The third-order valence-corrected chi connectivity index (χ3v) is 2.74. The average Bonchev–Trinajstić information content (AvgIpc) is 2.55. The Hall–Kier alpha value is -0.750. The van der Waals surface area contributed by atoms with E-state index in [2.05, 4.69) is 4.74 Å². The molecule has 0 spiro atoms. The maximum Gasteiger partial charge on any atom is 0.313 e. The fourth-order valence-corrected chi connectivity index (χ4v) is 2.09. The number of ether oxygens (including phenoxy) is 1. The van der Waals surface area contributed by atoms with Gasteiger partial charge in [0.1, 0.15) is 0 Å². The minimum absolute atomic E-state index is 0.269. The van der Waals surface area contributed by atoms with Crippen LogP contribution < -0.4 is 0 Å². The van der Waals surface area contributed by atoms with Gasteiger partial charge in [-0.05, 0) is 0 Å². The minimum atomic E-state index is -2.40. The molecule has 14 heavy (non-hydrogen) atoms. The van der Waals surface area contributed by atoms with Crippen LogP contribution in [0.4, 0.5) is 8.78 Å². The zero-order chi connectivity index (χ0) is 10.3. The van der Waals surface area contributed by atoms with E-state index < -0.39 is 24.6 Å². The largest absolute Gasteiger partial charge is 0.435 e. The molecule has 1 unspecified atom stereocenters. The van der Waals surface area contributed by atoms with Gasteiger partial charge in [-0.2, -0.15) is 0 Å². The summed E-state index contributed by atoms with van der Waals surface area (Å²) in [6, 6.07) is 0. The monoisotopic (exact) mass is 207 g/mol. The Balaban J connectivity index is 1.97. The van der Waals surface area contributed by atoms with Crippen molar-refractivity contribution in [3.8, 4) is 0 Å². The second-order valence-electron chi connectivity index (χ2n) is 3.71. The lowest BCUT2D eigenvalue weighted by molar-refractivity contribution is -0.158. The average molecular weight is 207 g/mol. The van der Waals surface area contributed by atoms with Crippen LogP contribution in [0.2, 0.25) is 0 Å². The van der Waals surface area contributed by atoms with Gasteiger partial charge in [0.25, 0.3) is 6.43 Å². The van der Waals surface area contributed by atoms with E-state index in [-0.39, 0.29) is 19.0 Å². The van der Waals surface area contributed by atoms with Crippen molar-refractivity contribution in [2.24, 2.45) is 11.8 Å². The summed E-state index contributed by atoms with van der Waals surface area (Å²) in [5, 5.41) is 9.26. The molecule has 4 nitrogen and oxygen atoms in total. The molecule has 0 saturated carbocycles. The van der Waals surface area contributed by atoms with Crippen LogP contribution in [-0.4, -0.2) is 48.3 Å². The highest BCUT2D eigenvalue weighted by Crippen LogP contribution is 2.34. The summed E-state index contributed by atoms with van der Waals surface area (Å²) in [5.41, 5.74) is 0. The van der Waals surface area contributed by atoms with Gasteiger partial charge < -0.3 is 9.84 Å². The predicted molar refractivity (Wildman–Crippen MR) is 41.5 cm³/mol. The van der Waals surface area contributed by atoms with Crippen LogP contribution >= 0.6 is 0 Å². The van der Waals surface area contributed by atoms with E-state index in [0.717, 1.165) is 0 Å². The van der Waals surface area contributed by atoms with Crippen LogP contribution in [0.3, 0.4) is 0 Å². The first-order valence-electron chi connectivity index (χ1n) is 4.47. The van der Waals surface area contributed by atoms with Gasteiger partial charge in [-0.25, -0.2) is 8.78 Å². The first-order chi connectivity index (χ1) is 6.58. The molecular formula is C8H11F2NO3. The summed E-state index contributed by atoms with van der Waals surface area (Å²) in [6.45, 7) is 0.236. The van der Waals surface area contributed by atoms with Crippen molar-refractivity contribution in [3.63, 3.8) is 0 Å². The number of alkyl halides is 2. The molecule has 0 bridgehead atoms. The van der Waals surface area contributed by atoms with Gasteiger partial charge in [-0.1, -0.05) is 0 Å². The van der Waals surface area contributed by atoms with Crippen molar-refractivity contribution >= 4 is 5.97 Å². The van der Waals surface area contributed by atoms with Crippen LogP contribution in [0, 0.1) is 11.8 Å². The van der Waals surface area contributed by atoms with Gasteiger partial charge in [-0.3, -0.25) is 9.69 Å². The molecule has 6 heteroatoms. The fraction of sp³-hybridized carbons (Fsp3) is 0.875. The highest BCUT2D eigenvalue weighted by molar-refractivity contribution is 5.75. The Labute approximate surface area is 79.4 Å². The van der Waals surface area contributed by atoms with E-state index in [1.165, 1.54) is 4.90 Å². The van der Waals surface area contributed by atoms with Crippen molar-refractivity contribution in [2.75, 3.05) is 19.6 Å². The van der Waals surface area contributed by atoms with Crippen molar-refractivity contribution < 1.29 is 23.4 Å². The third-order valence-electron chi connectivity index (χ3n) is 2.74. The van der Waals surface area contributed by atoms with Gasteiger partial charge in [0.15, 0.2) is 0 Å². The topological polar surface area (TPSA) is 49.8 Å². The van der Waals surface area contributed by atoms with Crippen LogP contribution in [-0.2, 0) is 9.53 Å². The first kappa shape index (κ1) is 9.79. The summed E-state index contributed by atoms with van der Waals surface area (Å²) in [6.07, 6.45) is -3.52. The van der Waals surface area contributed by atoms with Crippen molar-refractivity contribution in [1.29, 1.82) is 0 Å². The fourth-order valence-electron chi connectivity index (χ4n) is 2.09. The lowest BCUT2D eigenvalue weighted by Gasteiger charge is -2.16. The maximum atomic E-state index is 12.0. The van der Waals surface area contributed by atoms with Crippen LogP contribution in [0.1, 0.15) is 0 Å². The minimum Gasteiger partial charge on any atom is -0.435 e. The van der Waals surface area contributed by atoms with Crippen molar-refractivity contribution in [2.45, 2.75) is 12.7 Å². The molecule has 0 aromatic heterocycles. The van der Waals surface area contributed by atoms with E-state index in [0.29, 0.717) is 6.54 Å². The molecule has 3 atom stereocenters. The number of aliphatic hydroxyl groups is 1. The standard InChI is InChI=1S/C8H11F2NO3/c9-6(10)3-11-1-4-5(2-11)8(13)14-7(4)12/h4-7,12H,1-3H2/t4-,5+,7?/m0/s1. The maximum absolute atomic E-state index is 12.0. The number of halogens is 2. The molecule has 1 N–H and O–H groups in total. The number of carbonyl (C=O) groups excluding carboxylic acids is 1. The number of rotatable bonds is 2. The summed E-state index contributed by atoms with van der Waals surface area (Å²) >= 11 is 0. The molecule has 0 aromatic rings. The molecule has 2 saturated heterocycles. The SMILES string of the molecule is O=C1OC(O)[C@H]2CN(CC(F)F)C[C@@H]12. The van der Waals surface area contributed by atoms with Gasteiger partial charge in [0, 0.05) is 19.0 Å². The summed E-state index contributed by atoms with van der Waals surface area (Å²) in [4.78, 5) is 12.6. The van der Waals surface area contributed by atoms with Gasteiger partial charge in [0.2, 0.25) is 6.29 Å². The number of carbonyl (C=O) groups is 1. The molecule has 2 aliphatic heterocycles. The Morgan fingerprint density at radius 2 is 2.29 bits per heavy atom. The highest BCUT2D eigenvalue weighted by atomic mass is 19.3. The predicted octanol–water partition coefficient (Wildman–Crippen LogP) is -0.325. The van der Waals surface area contributed by atoms with Crippen molar-refractivity contribution in [3.05, 3.63) is 0 Å². The van der Waals surface area contributed by atoms with E-state index in [1.807, 2.05) is 0 Å². The number of cyclic esters (lactones) is 1. The van der Waals surface area contributed by atoms with Gasteiger partial charge >= 0.3 is 5.97 Å². The highest BCUT2D eigenvalue weighted by Gasteiger charge is 2.49. The quantitative estimate of drug-likeness (QED) is 0.630. The lowest BCUT2D eigenvalue weighted by Crippen LogP contribution is -2.30. The van der Waals surface area contributed by atoms with Crippen LogP contribution in [0.5, 0.6) is 0 Å². The molecule has 0 aliphatic carbocycles. The van der Waals surface area contributed by atoms with Crippen molar-refractivity contribution in [1.82, 2.24) is 4.90 Å². The molecule has 2 fully saturated rings. The molecular weight excluding hydrogens is 196 g/mol. The Bertz CT molecular complexity index is 249. The number of likely N-dealkylation sites (tertiary alicyclic amines) is 1. The molecule has 0 aromatic carbocycles.